The number of aryl methyl sites for hydroxylation is 2. The molecule has 33 heavy (non-hydrogen) atoms. The lowest BCUT2D eigenvalue weighted by atomic mass is 10.0. The van der Waals surface area contributed by atoms with Gasteiger partial charge in [-0.3, -0.25) is 14.3 Å². The number of aromatic nitrogens is 3. The molecule has 4 aromatic rings. The summed E-state index contributed by atoms with van der Waals surface area (Å²) in [6.45, 7) is 4.60. The minimum atomic E-state index is -0.782. The number of hydrogen-bond donors (Lipinski definition) is 2. The van der Waals surface area contributed by atoms with E-state index in [0.717, 1.165) is 63.5 Å². The fourth-order valence-corrected chi connectivity index (χ4v) is 4.84. The van der Waals surface area contributed by atoms with Gasteiger partial charge < -0.3 is 10.4 Å². The summed E-state index contributed by atoms with van der Waals surface area (Å²) in [6, 6.07) is 12.8. The monoisotopic (exact) mass is 444 g/mol. The number of rotatable bonds is 6. The average molecular weight is 445 g/mol. The molecule has 0 aliphatic heterocycles. The number of anilines is 1. The highest BCUT2D eigenvalue weighted by atomic mass is 19.1. The van der Waals surface area contributed by atoms with Gasteiger partial charge in [0.05, 0.1) is 35.0 Å². The molecule has 2 aromatic heterocycles. The minimum absolute atomic E-state index is 0.00329. The summed E-state index contributed by atoms with van der Waals surface area (Å²) in [5.74, 6) is -0.254. The third-order valence-electron chi connectivity index (χ3n) is 6.50. The van der Waals surface area contributed by atoms with Gasteiger partial charge in [-0.2, -0.15) is 0 Å². The topological polar surface area (TPSA) is 80.0 Å². The van der Waals surface area contributed by atoms with Crippen molar-refractivity contribution in [1.82, 2.24) is 14.5 Å². The molecule has 2 heterocycles. The Hall–Kier alpha value is -3.74. The van der Waals surface area contributed by atoms with Crippen molar-refractivity contribution in [3.8, 4) is 5.69 Å². The van der Waals surface area contributed by atoms with Gasteiger partial charge in [0.15, 0.2) is 0 Å². The molecular formula is C26H25FN4O2. The Morgan fingerprint density at radius 3 is 2.91 bits per heavy atom. The molecule has 1 unspecified atom stereocenters. The molecule has 0 saturated heterocycles. The van der Waals surface area contributed by atoms with Gasteiger partial charge in [-0.1, -0.05) is 12.1 Å². The van der Waals surface area contributed by atoms with E-state index in [1.807, 2.05) is 23.6 Å². The van der Waals surface area contributed by atoms with Crippen LogP contribution in [0.15, 0.2) is 48.7 Å². The van der Waals surface area contributed by atoms with Crippen LogP contribution in [0, 0.1) is 19.7 Å². The Balaban J connectivity index is 1.40. The molecule has 1 aliphatic carbocycles. The number of imidazole rings is 1. The largest absolute Gasteiger partial charge is 0.481 e. The molecule has 6 nitrogen and oxygen atoms in total. The predicted octanol–water partition coefficient (Wildman–Crippen LogP) is 5.29. The van der Waals surface area contributed by atoms with Crippen LogP contribution in [0.1, 0.15) is 47.0 Å². The van der Waals surface area contributed by atoms with Gasteiger partial charge in [-0.05, 0) is 67.6 Å². The second-order valence-electron chi connectivity index (χ2n) is 8.64. The van der Waals surface area contributed by atoms with Gasteiger partial charge >= 0.3 is 5.97 Å². The van der Waals surface area contributed by atoms with Crippen LogP contribution in [0.5, 0.6) is 0 Å². The summed E-state index contributed by atoms with van der Waals surface area (Å²) in [5, 5.41) is 12.6. The summed E-state index contributed by atoms with van der Waals surface area (Å²) in [7, 11) is 0. The van der Waals surface area contributed by atoms with Crippen LogP contribution in [-0.2, 0) is 17.8 Å². The molecule has 0 amide bonds. The van der Waals surface area contributed by atoms with Gasteiger partial charge in [0.2, 0.25) is 0 Å². The normalized spacial score (nSPS) is 15.1. The molecule has 0 saturated carbocycles. The maximum Gasteiger partial charge on any atom is 0.304 e. The number of fused-ring (bicyclic) bond motifs is 2. The molecule has 0 bridgehead atoms. The van der Waals surface area contributed by atoms with Gasteiger partial charge in [0.1, 0.15) is 11.6 Å². The smallest absolute Gasteiger partial charge is 0.304 e. The maximum atomic E-state index is 13.9. The number of pyridine rings is 1. The van der Waals surface area contributed by atoms with Crippen LogP contribution < -0.4 is 5.32 Å². The summed E-state index contributed by atoms with van der Waals surface area (Å²) in [5.41, 5.74) is 7.66. The quantitative estimate of drug-likeness (QED) is 0.422. The van der Waals surface area contributed by atoms with Crippen LogP contribution in [0.3, 0.4) is 0 Å². The fourth-order valence-electron chi connectivity index (χ4n) is 4.84. The first kappa shape index (κ1) is 21.1. The van der Waals surface area contributed by atoms with E-state index in [9.17, 15) is 9.18 Å². The van der Waals surface area contributed by atoms with Crippen molar-refractivity contribution in [2.45, 2.75) is 45.6 Å². The lowest BCUT2D eigenvalue weighted by Gasteiger charge is -2.16. The highest BCUT2D eigenvalue weighted by molar-refractivity contribution is 5.79. The molecule has 1 atom stereocenters. The fraction of sp³-hybridized carbons (Fsp3) is 0.269. The molecule has 168 valence electrons. The molecule has 5 rings (SSSR count). The molecule has 1 aliphatic rings. The van der Waals surface area contributed by atoms with Crippen LogP contribution in [0.25, 0.3) is 16.7 Å². The Labute approximate surface area is 191 Å². The van der Waals surface area contributed by atoms with Crippen LogP contribution >= 0.6 is 0 Å². The van der Waals surface area contributed by atoms with Crippen molar-refractivity contribution in [1.29, 1.82) is 0 Å². The zero-order valence-corrected chi connectivity index (χ0v) is 18.6. The number of carboxylic acids is 1. The molecule has 0 fully saturated rings. The SMILES string of the molecule is Cc1c(CNc2cnc3c(c2)CCC3CC(=O)O)cccc1-n1c(C)nc2ccc(F)cc21. The lowest BCUT2D eigenvalue weighted by molar-refractivity contribution is -0.137. The van der Waals surface area contributed by atoms with E-state index in [1.165, 1.54) is 12.1 Å². The first-order valence-electron chi connectivity index (χ1n) is 11.1. The Morgan fingerprint density at radius 2 is 2.09 bits per heavy atom. The number of halogens is 1. The Morgan fingerprint density at radius 1 is 1.24 bits per heavy atom. The van der Waals surface area contributed by atoms with Crippen molar-refractivity contribution in [2.75, 3.05) is 5.32 Å². The average Bonchev–Trinajstić information content (AvgIpc) is 3.32. The minimum Gasteiger partial charge on any atom is -0.481 e. The number of carbonyl (C=O) groups is 1. The van der Waals surface area contributed by atoms with E-state index < -0.39 is 5.97 Å². The van der Waals surface area contributed by atoms with Crippen molar-refractivity contribution in [2.24, 2.45) is 0 Å². The van der Waals surface area contributed by atoms with Crippen LogP contribution in [0.4, 0.5) is 10.1 Å². The highest BCUT2D eigenvalue weighted by Crippen LogP contribution is 2.35. The molecular weight excluding hydrogens is 419 g/mol. The standard InChI is InChI=1S/C26H25FN4O2/c1-15-19(13-28-21-10-17-6-7-18(11-25(32)33)26(17)29-14-21)4-3-5-23(15)31-16(2)30-22-9-8-20(27)12-24(22)31/h3-5,8-10,12,14,18,28H,6-7,11,13H2,1-2H3,(H,32,33). The van der Waals surface area contributed by atoms with E-state index in [-0.39, 0.29) is 18.2 Å². The highest BCUT2D eigenvalue weighted by Gasteiger charge is 2.26. The second kappa shape index (κ2) is 8.31. The summed E-state index contributed by atoms with van der Waals surface area (Å²) in [6.07, 6.45) is 3.60. The van der Waals surface area contributed by atoms with Crippen LogP contribution in [0.2, 0.25) is 0 Å². The molecule has 2 aromatic carbocycles. The van der Waals surface area contributed by atoms with Crippen molar-refractivity contribution >= 4 is 22.7 Å². The molecule has 7 heteroatoms. The third-order valence-corrected chi connectivity index (χ3v) is 6.50. The van der Waals surface area contributed by atoms with Gasteiger partial charge in [0, 0.05) is 24.2 Å². The van der Waals surface area contributed by atoms with Crippen molar-refractivity contribution < 1.29 is 14.3 Å². The van der Waals surface area contributed by atoms with E-state index in [0.29, 0.717) is 6.54 Å². The zero-order valence-electron chi connectivity index (χ0n) is 18.6. The summed E-state index contributed by atoms with van der Waals surface area (Å²) in [4.78, 5) is 20.2. The van der Waals surface area contributed by atoms with Crippen molar-refractivity contribution in [3.63, 3.8) is 0 Å². The van der Waals surface area contributed by atoms with E-state index in [1.54, 1.807) is 12.3 Å². The van der Waals surface area contributed by atoms with Gasteiger partial charge in [0.25, 0.3) is 0 Å². The van der Waals surface area contributed by atoms with Gasteiger partial charge in [-0.25, -0.2) is 9.37 Å². The molecule has 2 N–H and O–H groups in total. The number of nitrogens with zero attached hydrogens (tertiary/aromatic N) is 3. The summed E-state index contributed by atoms with van der Waals surface area (Å²) >= 11 is 0. The Bertz CT molecular complexity index is 1380. The first-order chi connectivity index (χ1) is 15.9. The lowest BCUT2D eigenvalue weighted by Crippen LogP contribution is -2.07. The van der Waals surface area contributed by atoms with E-state index in [4.69, 9.17) is 5.11 Å². The number of benzene rings is 2. The zero-order chi connectivity index (χ0) is 23.1. The number of carboxylic acid groups (broad SMARTS) is 1. The maximum absolute atomic E-state index is 13.9. The van der Waals surface area contributed by atoms with Gasteiger partial charge in [-0.15, -0.1) is 0 Å². The number of nitrogens with one attached hydrogen (secondary N) is 1. The van der Waals surface area contributed by atoms with Crippen molar-refractivity contribution in [3.05, 3.63) is 82.7 Å². The third kappa shape index (κ3) is 3.95. The number of hydrogen-bond acceptors (Lipinski definition) is 4. The summed E-state index contributed by atoms with van der Waals surface area (Å²) < 4.78 is 15.9. The van der Waals surface area contributed by atoms with Crippen LogP contribution in [-0.4, -0.2) is 25.6 Å². The molecule has 0 radical (unpaired) electrons. The molecule has 0 spiro atoms. The predicted molar refractivity (Wildman–Crippen MR) is 125 cm³/mol. The second-order valence-corrected chi connectivity index (χ2v) is 8.64. The van der Waals surface area contributed by atoms with E-state index >= 15 is 0 Å². The first-order valence-corrected chi connectivity index (χ1v) is 11.1. The number of aliphatic carboxylic acids is 1. The Kier molecular flexibility index (Phi) is 5.32. The van der Waals surface area contributed by atoms with E-state index in [2.05, 4.69) is 34.3 Å².